The van der Waals surface area contributed by atoms with Gasteiger partial charge < -0.3 is 11.5 Å². The zero-order valence-corrected chi connectivity index (χ0v) is 11.6. The topological polar surface area (TPSA) is 99.7 Å². The number of hydrogen-bond donors (Lipinski definition) is 4. The quantitative estimate of drug-likeness (QED) is 0.503. The first kappa shape index (κ1) is 14.5. The number of rotatable bonds is 4. The molecular weight excluding hydrogens is 260 g/mol. The number of benzene rings is 1. The van der Waals surface area contributed by atoms with Crippen LogP contribution in [0.4, 0.5) is 0 Å². The van der Waals surface area contributed by atoms with Gasteiger partial charge in [-0.2, -0.15) is 0 Å². The van der Waals surface area contributed by atoms with Crippen LogP contribution in [0.1, 0.15) is 17.5 Å². The van der Waals surface area contributed by atoms with Gasteiger partial charge in [0, 0.05) is 5.56 Å². The van der Waals surface area contributed by atoms with Crippen molar-refractivity contribution in [1.82, 2.24) is 0 Å². The third kappa shape index (κ3) is 4.04. The van der Waals surface area contributed by atoms with E-state index in [1.54, 1.807) is 0 Å². The fourth-order valence-electron chi connectivity index (χ4n) is 1.92. The van der Waals surface area contributed by atoms with E-state index in [0.29, 0.717) is 6.42 Å². The van der Waals surface area contributed by atoms with Crippen LogP contribution >= 0.6 is 0 Å². The van der Waals surface area contributed by atoms with Crippen molar-refractivity contribution in [2.45, 2.75) is 6.42 Å². The number of nitrogen functional groups attached to an aromatic ring is 1. The molecular formula is C17H18N4. The first-order chi connectivity index (χ1) is 10.1. The summed E-state index contributed by atoms with van der Waals surface area (Å²) < 4.78 is 0. The minimum atomic E-state index is 0.0711. The molecule has 6 N–H and O–H groups in total. The molecule has 106 valence electrons. The molecule has 4 nitrogen and oxygen atoms in total. The molecule has 1 aliphatic rings. The van der Waals surface area contributed by atoms with Gasteiger partial charge in [0.25, 0.3) is 0 Å². The van der Waals surface area contributed by atoms with E-state index in [1.165, 1.54) is 0 Å². The predicted molar refractivity (Wildman–Crippen MR) is 88.3 cm³/mol. The fraction of sp³-hybridized carbons (Fsp3) is 0.0588. The molecule has 0 heterocycles. The summed E-state index contributed by atoms with van der Waals surface area (Å²) in [6.07, 6.45) is 12.5. The average molecular weight is 278 g/mol. The van der Waals surface area contributed by atoms with Gasteiger partial charge in [-0.25, -0.2) is 0 Å². The molecule has 0 bridgehead atoms. The Kier molecular flexibility index (Phi) is 4.51. The van der Waals surface area contributed by atoms with Crippen LogP contribution in [0.3, 0.4) is 0 Å². The van der Waals surface area contributed by atoms with Gasteiger partial charge in [0.05, 0.1) is 0 Å². The van der Waals surface area contributed by atoms with Crippen molar-refractivity contribution in [3.05, 3.63) is 76.9 Å². The highest BCUT2D eigenvalue weighted by molar-refractivity contribution is 5.95. The van der Waals surface area contributed by atoms with E-state index in [1.807, 2.05) is 60.7 Å². The number of nitrogens with two attached hydrogens (primary N) is 2. The van der Waals surface area contributed by atoms with E-state index < -0.39 is 0 Å². The third-order valence-electron chi connectivity index (χ3n) is 3.16. The van der Waals surface area contributed by atoms with Crippen LogP contribution in [0, 0.1) is 10.8 Å². The minimum absolute atomic E-state index is 0.0711. The largest absolute Gasteiger partial charge is 0.384 e. The van der Waals surface area contributed by atoms with Crippen molar-refractivity contribution in [3.8, 4) is 0 Å². The Morgan fingerprint density at radius 3 is 2.29 bits per heavy atom. The molecule has 21 heavy (non-hydrogen) atoms. The van der Waals surface area contributed by atoms with Crippen LogP contribution in [0.2, 0.25) is 0 Å². The van der Waals surface area contributed by atoms with Crippen LogP contribution in [-0.4, -0.2) is 11.7 Å². The Hall–Kier alpha value is -2.88. The third-order valence-corrected chi connectivity index (χ3v) is 3.16. The summed E-state index contributed by atoms with van der Waals surface area (Å²) in [5.41, 5.74) is 14.5. The Balaban J connectivity index is 2.13. The first-order valence-corrected chi connectivity index (χ1v) is 6.60. The molecule has 0 saturated carbocycles. The highest BCUT2D eigenvalue weighted by atomic mass is 14.7. The Bertz CT molecular complexity index is 673. The van der Waals surface area contributed by atoms with Crippen LogP contribution < -0.4 is 11.5 Å². The van der Waals surface area contributed by atoms with Crippen LogP contribution in [0.15, 0.2) is 65.8 Å². The van der Waals surface area contributed by atoms with E-state index in [2.05, 4.69) is 0 Å². The lowest BCUT2D eigenvalue weighted by Gasteiger charge is -1.98. The molecule has 0 aliphatic heterocycles. The normalized spacial score (nSPS) is 14.5. The SMILES string of the molecule is N=C(N)C1=CC=C(/C=C/c2ccc(C(=N)N)cc2)C=CC1. The van der Waals surface area contributed by atoms with Crippen LogP contribution in [0.25, 0.3) is 6.08 Å². The lowest BCUT2D eigenvalue weighted by atomic mass is 10.1. The van der Waals surface area contributed by atoms with Gasteiger partial charge in [0.15, 0.2) is 0 Å². The van der Waals surface area contributed by atoms with Gasteiger partial charge >= 0.3 is 0 Å². The lowest BCUT2D eigenvalue weighted by molar-refractivity contribution is 1.27. The molecule has 1 aliphatic carbocycles. The fourth-order valence-corrected chi connectivity index (χ4v) is 1.92. The molecule has 0 aromatic heterocycles. The molecule has 0 atom stereocenters. The lowest BCUT2D eigenvalue weighted by Crippen LogP contribution is -2.11. The Morgan fingerprint density at radius 2 is 1.67 bits per heavy atom. The highest BCUT2D eigenvalue weighted by Crippen LogP contribution is 2.14. The molecule has 2 rings (SSSR count). The highest BCUT2D eigenvalue weighted by Gasteiger charge is 2.00. The van der Waals surface area contributed by atoms with E-state index in [-0.39, 0.29) is 11.7 Å². The summed E-state index contributed by atoms with van der Waals surface area (Å²) in [6.45, 7) is 0. The van der Waals surface area contributed by atoms with Gasteiger partial charge in [0.2, 0.25) is 0 Å². The van der Waals surface area contributed by atoms with Crippen molar-refractivity contribution in [2.24, 2.45) is 11.5 Å². The van der Waals surface area contributed by atoms with Crippen molar-refractivity contribution in [2.75, 3.05) is 0 Å². The molecule has 0 fully saturated rings. The predicted octanol–water partition coefficient (Wildman–Crippen LogP) is 2.73. The zero-order chi connectivity index (χ0) is 15.2. The maximum atomic E-state index is 7.44. The van der Waals surface area contributed by atoms with Gasteiger partial charge in [-0.05, 0) is 23.1 Å². The molecule has 0 radical (unpaired) electrons. The number of nitrogens with one attached hydrogen (secondary N) is 2. The first-order valence-electron chi connectivity index (χ1n) is 6.60. The molecule has 1 aromatic rings. The Labute approximate surface area is 124 Å². The van der Waals surface area contributed by atoms with Crippen molar-refractivity contribution < 1.29 is 0 Å². The molecule has 0 spiro atoms. The number of allylic oxidation sites excluding steroid dienone is 6. The number of hydrogen-bond acceptors (Lipinski definition) is 2. The molecule has 1 aromatic carbocycles. The second-order valence-electron chi connectivity index (χ2n) is 4.75. The monoisotopic (exact) mass is 278 g/mol. The summed E-state index contributed by atoms with van der Waals surface area (Å²) in [5, 5.41) is 14.8. The van der Waals surface area contributed by atoms with Gasteiger partial charge in [-0.1, -0.05) is 60.7 Å². The van der Waals surface area contributed by atoms with E-state index >= 15 is 0 Å². The molecule has 0 amide bonds. The van der Waals surface area contributed by atoms with E-state index in [9.17, 15) is 0 Å². The summed E-state index contributed by atoms with van der Waals surface area (Å²) in [5.74, 6) is 0.183. The summed E-state index contributed by atoms with van der Waals surface area (Å²) in [6, 6.07) is 7.50. The maximum absolute atomic E-state index is 7.44. The summed E-state index contributed by atoms with van der Waals surface area (Å²) in [7, 11) is 0. The van der Waals surface area contributed by atoms with Crippen molar-refractivity contribution >= 4 is 17.7 Å². The van der Waals surface area contributed by atoms with E-state index in [0.717, 1.165) is 22.3 Å². The number of amidine groups is 2. The van der Waals surface area contributed by atoms with Gasteiger partial charge in [0.1, 0.15) is 11.7 Å². The van der Waals surface area contributed by atoms with Gasteiger partial charge in [-0.3, -0.25) is 10.8 Å². The smallest absolute Gasteiger partial charge is 0.122 e. The van der Waals surface area contributed by atoms with Crippen LogP contribution in [0.5, 0.6) is 0 Å². The van der Waals surface area contributed by atoms with E-state index in [4.69, 9.17) is 22.3 Å². The standard InChI is InChI=1S/C17H18N4/c18-16(19)14-3-1-2-12(6-9-14)4-5-13-7-10-15(11-8-13)17(20)21/h1-2,4-11H,3H2,(H3,18,19)(H3,20,21)/b5-4+. The maximum Gasteiger partial charge on any atom is 0.122 e. The molecule has 0 saturated heterocycles. The van der Waals surface area contributed by atoms with Crippen molar-refractivity contribution in [1.29, 1.82) is 10.8 Å². The molecule has 4 heteroatoms. The van der Waals surface area contributed by atoms with Gasteiger partial charge in [-0.15, -0.1) is 0 Å². The average Bonchev–Trinajstić information content (AvgIpc) is 2.71. The molecule has 0 unspecified atom stereocenters. The second-order valence-corrected chi connectivity index (χ2v) is 4.75. The minimum Gasteiger partial charge on any atom is -0.384 e. The van der Waals surface area contributed by atoms with Crippen molar-refractivity contribution in [3.63, 3.8) is 0 Å². The Morgan fingerprint density at radius 1 is 0.952 bits per heavy atom. The summed E-state index contributed by atoms with van der Waals surface area (Å²) >= 11 is 0. The second kappa shape index (κ2) is 6.52. The zero-order valence-electron chi connectivity index (χ0n) is 11.6. The van der Waals surface area contributed by atoms with Crippen LogP contribution in [-0.2, 0) is 0 Å². The summed E-state index contributed by atoms with van der Waals surface area (Å²) in [4.78, 5) is 0.